The highest BCUT2D eigenvalue weighted by molar-refractivity contribution is 5.76. The van der Waals surface area contributed by atoms with Crippen molar-refractivity contribution in [3.8, 4) is 22.6 Å². The van der Waals surface area contributed by atoms with Gasteiger partial charge in [-0.15, -0.1) is 0 Å². The molecule has 148 valence electrons. The Morgan fingerprint density at radius 1 is 0.621 bits per heavy atom. The third-order valence-electron chi connectivity index (χ3n) is 4.35. The van der Waals surface area contributed by atoms with Gasteiger partial charge in [-0.3, -0.25) is 0 Å². The number of halogens is 6. The van der Waals surface area contributed by atoms with Gasteiger partial charge < -0.3 is 4.42 Å². The number of rotatable bonds is 2. The highest BCUT2D eigenvalue weighted by Gasteiger charge is 2.37. The van der Waals surface area contributed by atoms with Crippen LogP contribution in [0, 0.1) is 0 Å². The molecule has 0 fully saturated rings. The van der Waals surface area contributed by atoms with E-state index in [4.69, 9.17) is 4.42 Å². The molecule has 0 aliphatic carbocycles. The lowest BCUT2D eigenvalue weighted by Crippen LogP contribution is -2.11. The van der Waals surface area contributed by atoms with Gasteiger partial charge in [-0.05, 0) is 53.6 Å². The molecule has 0 aliphatic rings. The average molecular weight is 407 g/mol. The normalized spacial score (nSPS) is 12.5. The molecule has 0 bridgehead atoms. The van der Waals surface area contributed by atoms with Gasteiger partial charge in [-0.2, -0.15) is 26.3 Å². The molecule has 4 aromatic rings. The minimum Gasteiger partial charge on any atom is -0.436 e. The highest BCUT2D eigenvalue weighted by Crippen LogP contribution is 2.39. The second kappa shape index (κ2) is 6.65. The molecule has 29 heavy (non-hydrogen) atoms. The Hall–Kier alpha value is -3.29. The van der Waals surface area contributed by atoms with Crippen molar-refractivity contribution in [3.63, 3.8) is 0 Å². The van der Waals surface area contributed by atoms with E-state index in [1.54, 1.807) is 24.3 Å². The maximum absolute atomic E-state index is 13.1. The van der Waals surface area contributed by atoms with Crippen molar-refractivity contribution in [2.45, 2.75) is 12.4 Å². The van der Waals surface area contributed by atoms with Crippen LogP contribution in [-0.2, 0) is 12.4 Å². The van der Waals surface area contributed by atoms with Crippen molar-refractivity contribution in [2.24, 2.45) is 0 Å². The predicted octanol–water partition coefficient (Wildman–Crippen LogP) is 7.20. The summed E-state index contributed by atoms with van der Waals surface area (Å²) in [5, 5.41) is 0. The van der Waals surface area contributed by atoms with Gasteiger partial charge in [0.25, 0.3) is 0 Å². The second-order valence-electron chi connectivity index (χ2n) is 6.36. The molecule has 2 nitrogen and oxygen atoms in total. The first kappa shape index (κ1) is 19.0. The van der Waals surface area contributed by atoms with Gasteiger partial charge in [0.1, 0.15) is 5.52 Å². The summed E-state index contributed by atoms with van der Waals surface area (Å²) in [6.07, 6.45) is -9.79. The molecule has 0 saturated heterocycles. The Kier molecular flexibility index (Phi) is 4.37. The van der Waals surface area contributed by atoms with Crippen LogP contribution in [0.15, 0.2) is 71.1 Å². The van der Waals surface area contributed by atoms with Gasteiger partial charge >= 0.3 is 12.4 Å². The van der Waals surface area contributed by atoms with E-state index >= 15 is 0 Å². The molecule has 8 heteroatoms. The van der Waals surface area contributed by atoms with Gasteiger partial charge in [0.15, 0.2) is 5.58 Å². The van der Waals surface area contributed by atoms with Crippen LogP contribution < -0.4 is 0 Å². The lowest BCUT2D eigenvalue weighted by atomic mass is 9.98. The topological polar surface area (TPSA) is 26.0 Å². The third kappa shape index (κ3) is 3.83. The first-order chi connectivity index (χ1) is 13.6. The summed E-state index contributed by atoms with van der Waals surface area (Å²) in [6, 6.07) is 14.5. The molecule has 0 aliphatic heterocycles. The number of hydrogen-bond donors (Lipinski definition) is 0. The van der Waals surface area contributed by atoms with Gasteiger partial charge in [0, 0.05) is 5.56 Å². The zero-order valence-corrected chi connectivity index (χ0v) is 14.5. The summed E-state index contributed by atoms with van der Waals surface area (Å²) in [6.45, 7) is 0. The number of aromatic nitrogens is 1. The summed E-state index contributed by atoms with van der Waals surface area (Å²) in [4.78, 5) is 4.31. The van der Waals surface area contributed by atoms with Crippen LogP contribution in [0.4, 0.5) is 26.3 Å². The van der Waals surface area contributed by atoms with Crippen LogP contribution in [-0.4, -0.2) is 4.98 Å². The van der Waals surface area contributed by atoms with Gasteiger partial charge in [-0.1, -0.05) is 24.3 Å². The molecule has 0 unspecified atom stereocenters. The number of fused-ring (bicyclic) bond motifs is 1. The van der Waals surface area contributed by atoms with Gasteiger partial charge in [0.05, 0.1) is 11.1 Å². The maximum atomic E-state index is 13.1. The fraction of sp³-hybridized carbons (Fsp3) is 0.0952. The number of alkyl halides is 6. The minimum absolute atomic E-state index is 0.107. The fourth-order valence-electron chi connectivity index (χ4n) is 2.92. The van der Waals surface area contributed by atoms with E-state index in [1.165, 1.54) is 24.3 Å². The lowest BCUT2D eigenvalue weighted by molar-refractivity contribution is -0.143. The van der Waals surface area contributed by atoms with E-state index in [2.05, 4.69) is 4.98 Å². The van der Waals surface area contributed by atoms with Gasteiger partial charge in [0.2, 0.25) is 5.89 Å². The number of para-hydroxylation sites is 2. The van der Waals surface area contributed by atoms with E-state index in [9.17, 15) is 26.3 Å². The molecule has 4 rings (SSSR count). The van der Waals surface area contributed by atoms with Crippen LogP contribution in [0.5, 0.6) is 0 Å². The van der Waals surface area contributed by atoms with Crippen molar-refractivity contribution >= 4 is 11.1 Å². The predicted molar refractivity (Wildman–Crippen MR) is 94.9 cm³/mol. The second-order valence-corrected chi connectivity index (χ2v) is 6.36. The van der Waals surface area contributed by atoms with Crippen molar-refractivity contribution in [3.05, 3.63) is 77.9 Å². The molecule has 0 saturated carbocycles. The molecule has 0 N–H and O–H groups in total. The zero-order valence-electron chi connectivity index (χ0n) is 14.5. The Bertz CT molecular complexity index is 1110. The molecule has 0 amide bonds. The van der Waals surface area contributed by atoms with Crippen LogP contribution in [0.25, 0.3) is 33.7 Å². The van der Waals surface area contributed by atoms with Crippen molar-refractivity contribution in [1.29, 1.82) is 0 Å². The number of nitrogens with zero attached hydrogens (tertiary/aromatic N) is 1. The van der Waals surface area contributed by atoms with Crippen LogP contribution in [0.2, 0.25) is 0 Å². The molecule has 0 atom stereocenters. The highest BCUT2D eigenvalue weighted by atomic mass is 19.4. The Morgan fingerprint density at radius 3 is 1.72 bits per heavy atom. The summed E-state index contributed by atoms with van der Waals surface area (Å²) in [5.41, 5.74) is -0.931. The van der Waals surface area contributed by atoms with E-state index in [1.807, 2.05) is 0 Å². The molecular formula is C21H11F6NO. The van der Waals surface area contributed by atoms with E-state index in [0.717, 1.165) is 0 Å². The molecular weight excluding hydrogens is 396 g/mol. The van der Waals surface area contributed by atoms with E-state index in [-0.39, 0.29) is 17.2 Å². The Labute approximate surface area is 160 Å². The first-order valence-corrected chi connectivity index (χ1v) is 8.37. The third-order valence-corrected chi connectivity index (χ3v) is 4.35. The summed E-state index contributed by atoms with van der Waals surface area (Å²) >= 11 is 0. The van der Waals surface area contributed by atoms with Crippen LogP contribution in [0.3, 0.4) is 0 Å². The molecule has 1 heterocycles. The zero-order chi connectivity index (χ0) is 20.8. The minimum atomic E-state index is -4.89. The molecule has 1 aromatic heterocycles. The Balaban J connectivity index is 1.75. The number of hydrogen-bond acceptors (Lipinski definition) is 2. The van der Waals surface area contributed by atoms with Crippen molar-refractivity contribution in [1.82, 2.24) is 4.98 Å². The largest absolute Gasteiger partial charge is 0.436 e. The van der Waals surface area contributed by atoms with Crippen molar-refractivity contribution < 1.29 is 30.8 Å². The molecule has 0 radical (unpaired) electrons. The van der Waals surface area contributed by atoms with Gasteiger partial charge in [-0.25, -0.2) is 4.98 Å². The van der Waals surface area contributed by atoms with Crippen LogP contribution in [0.1, 0.15) is 11.1 Å². The first-order valence-electron chi connectivity index (χ1n) is 8.37. The molecule has 0 spiro atoms. The summed E-state index contributed by atoms with van der Waals surface area (Å²) in [7, 11) is 0. The average Bonchev–Trinajstić information content (AvgIpc) is 3.10. The number of benzene rings is 3. The monoisotopic (exact) mass is 407 g/mol. The maximum Gasteiger partial charge on any atom is 0.416 e. The molecule has 3 aromatic carbocycles. The van der Waals surface area contributed by atoms with Crippen LogP contribution >= 0.6 is 0 Å². The smallest absolute Gasteiger partial charge is 0.416 e. The fourth-order valence-corrected chi connectivity index (χ4v) is 2.92. The summed E-state index contributed by atoms with van der Waals surface area (Å²) in [5.74, 6) is 0.303. The number of oxazole rings is 1. The van der Waals surface area contributed by atoms with Crippen molar-refractivity contribution in [2.75, 3.05) is 0 Å². The van der Waals surface area contributed by atoms with E-state index in [0.29, 0.717) is 34.7 Å². The van der Waals surface area contributed by atoms with E-state index < -0.39 is 23.5 Å². The summed E-state index contributed by atoms with van der Waals surface area (Å²) < 4.78 is 83.9. The quantitative estimate of drug-likeness (QED) is 0.329. The standard InChI is InChI=1S/C21H11F6NO/c22-20(23,24)15-9-14(10-16(11-15)21(25,26)27)12-5-7-13(8-6-12)19-28-17-3-1-2-4-18(17)29-19/h1-11H. The lowest BCUT2D eigenvalue weighted by Gasteiger charge is -2.14. The Morgan fingerprint density at radius 2 is 1.17 bits per heavy atom. The SMILES string of the molecule is FC(F)(F)c1cc(-c2ccc(-c3nc4ccccc4o3)cc2)cc(C(F)(F)F)c1.